The van der Waals surface area contributed by atoms with Crippen molar-refractivity contribution >= 4 is 39.9 Å². The molecule has 5 nitrogen and oxygen atoms in total. The number of aromatic nitrogens is 1. The van der Waals surface area contributed by atoms with Gasteiger partial charge in [0.25, 0.3) is 5.91 Å². The molecule has 0 unspecified atom stereocenters. The fraction of sp³-hybridized carbons (Fsp3) is 0.368. The lowest BCUT2D eigenvalue weighted by molar-refractivity contribution is 0.102. The third kappa shape index (κ3) is 4.19. The van der Waals surface area contributed by atoms with Crippen molar-refractivity contribution in [3.05, 3.63) is 51.8 Å². The number of benzene rings is 1. The molecule has 1 aromatic heterocycles. The Labute approximate surface area is 168 Å². The lowest BCUT2D eigenvalue weighted by Crippen LogP contribution is -2.40. The molecule has 1 N–H and O–H groups in total. The number of anilines is 1. The van der Waals surface area contributed by atoms with Crippen molar-refractivity contribution < 1.29 is 9.53 Å². The van der Waals surface area contributed by atoms with Gasteiger partial charge >= 0.3 is 0 Å². The Morgan fingerprint density at radius 2 is 2.08 bits per heavy atom. The molecular weight excluding hydrogens is 418 g/mol. The van der Waals surface area contributed by atoms with Gasteiger partial charge in [0.05, 0.1) is 29.2 Å². The molecule has 0 aliphatic carbocycles. The van der Waals surface area contributed by atoms with Crippen molar-refractivity contribution in [3.63, 3.8) is 0 Å². The smallest absolute Gasteiger partial charge is 0.255 e. The van der Waals surface area contributed by atoms with E-state index in [-0.39, 0.29) is 23.7 Å². The van der Waals surface area contributed by atoms with Crippen LogP contribution in [0.1, 0.15) is 35.5 Å². The van der Waals surface area contributed by atoms with Crippen LogP contribution in [0.25, 0.3) is 0 Å². The molecular formula is C19H23BrClN3O2. The number of hydrogen-bond donors (Lipinski definition) is 1. The van der Waals surface area contributed by atoms with E-state index in [9.17, 15) is 4.79 Å². The summed E-state index contributed by atoms with van der Waals surface area (Å²) < 4.78 is 5.94. The molecule has 3 rings (SSSR count). The van der Waals surface area contributed by atoms with Crippen molar-refractivity contribution in [3.8, 4) is 5.75 Å². The monoisotopic (exact) mass is 439 g/mol. The van der Waals surface area contributed by atoms with Crippen LogP contribution in [0.2, 0.25) is 0 Å². The molecule has 0 spiro atoms. The summed E-state index contributed by atoms with van der Waals surface area (Å²) in [4.78, 5) is 19.4. The van der Waals surface area contributed by atoms with Crippen LogP contribution < -0.4 is 10.1 Å². The second-order valence-electron chi connectivity index (χ2n) is 7.09. The van der Waals surface area contributed by atoms with Gasteiger partial charge in [-0.25, -0.2) is 0 Å². The van der Waals surface area contributed by atoms with Gasteiger partial charge < -0.3 is 15.0 Å². The van der Waals surface area contributed by atoms with E-state index in [2.05, 4.69) is 52.0 Å². The number of fused-ring (bicyclic) bond motifs is 1. The number of likely N-dealkylation sites (N-methyl/N-ethyl adjacent to an activating group) is 1. The molecule has 2 aromatic rings. The van der Waals surface area contributed by atoms with Crippen LogP contribution in [0.3, 0.4) is 0 Å². The molecule has 0 fully saturated rings. The number of carbonyl (C=O) groups excluding carboxylic acids is 1. The number of nitrogens with zero attached hydrogens (tertiary/aromatic N) is 2. The van der Waals surface area contributed by atoms with Gasteiger partial charge in [0, 0.05) is 24.1 Å². The number of hydrogen-bond acceptors (Lipinski definition) is 4. The minimum atomic E-state index is -0.173. The average Bonchev–Trinajstić information content (AvgIpc) is 2.53. The van der Waals surface area contributed by atoms with Crippen LogP contribution in [0.5, 0.6) is 5.75 Å². The Balaban J connectivity index is 0.00000243. The molecule has 0 bridgehead atoms. The van der Waals surface area contributed by atoms with Crippen LogP contribution in [-0.2, 0) is 12.0 Å². The first kappa shape index (κ1) is 20.7. The van der Waals surface area contributed by atoms with Crippen LogP contribution in [-0.4, -0.2) is 36.5 Å². The van der Waals surface area contributed by atoms with Gasteiger partial charge in [-0.1, -0.05) is 13.8 Å². The van der Waals surface area contributed by atoms with Gasteiger partial charge in [0.15, 0.2) is 0 Å². The van der Waals surface area contributed by atoms with Gasteiger partial charge in [0.2, 0.25) is 0 Å². The molecule has 1 aliphatic heterocycles. The highest BCUT2D eigenvalue weighted by Crippen LogP contribution is 2.32. The number of pyridine rings is 1. The van der Waals surface area contributed by atoms with Crippen molar-refractivity contribution in [2.75, 3.05) is 26.0 Å². The first-order chi connectivity index (χ1) is 11.8. The van der Waals surface area contributed by atoms with Gasteiger partial charge in [-0.05, 0) is 52.8 Å². The summed E-state index contributed by atoms with van der Waals surface area (Å²) in [6, 6.07) is 7.27. The Hall–Kier alpha value is -1.63. The van der Waals surface area contributed by atoms with Crippen LogP contribution in [0.4, 0.5) is 5.69 Å². The predicted octanol–water partition coefficient (Wildman–Crippen LogP) is 4.25. The molecule has 1 amide bonds. The van der Waals surface area contributed by atoms with E-state index in [4.69, 9.17) is 4.74 Å². The molecule has 0 atom stereocenters. The zero-order chi connectivity index (χ0) is 18.2. The number of carbonyl (C=O) groups is 1. The summed E-state index contributed by atoms with van der Waals surface area (Å²) in [5.41, 5.74) is 3.54. The maximum Gasteiger partial charge on any atom is 0.255 e. The second-order valence-corrected chi connectivity index (χ2v) is 7.95. The highest BCUT2D eigenvalue weighted by molar-refractivity contribution is 9.10. The lowest BCUT2D eigenvalue weighted by atomic mass is 9.82. The third-order valence-corrected chi connectivity index (χ3v) is 5.00. The average molecular weight is 441 g/mol. The maximum absolute atomic E-state index is 12.5. The second kappa shape index (κ2) is 7.94. The van der Waals surface area contributed by atoms with Crippen molar-refractivity contribution in [1.82, 2.24) is 9.88 Å². The summed E-state index contributed by atoms with van der Waals surface area (Å²) in [6.45, 7) is 6.20. The number of nitrogens with one attached hydrogen (secondary N) is 1. The minimum absolute atomic E-state index is 0. The number of halogens is 2. The predicted molar refractivity (Wildman–Crippen MR) is 109 cm³/mol. The largest absolute Gasteiger partial charge is 0.496 e. The molecule has 140 valence electrons. The van der Waals surface area contributed by atoms with E-state index >= 15 is 0 Å². The minimum Gasteiger partial charge on any atom is -0.496 e. The van der Waals surface area contributed by atoms with Gasteiger partial charge in [-0.3, -0.25) is 9.78 Å². The van der Waals surface area contributed by atoms with Crippen molar-refractivity contribution in [1.29, 1.82) is 0 Å². The van der Waals surface area contributed by atoms with Crippen LogP contribution in [0, 0.1) is 0 Å². The Bertz CT molecular complexity index is 826. The van der Waals surface area contributed by atoms with Crippen molar-refractivity contribution in [2.45, 2.75) is 25.8 Å². The molecule has 0 saturated carbocycles. The first-order valence-electron chi connectivity index (χ1n) is 8.13. The highest BCUT2D eigenvalue weighted by Gasteiger charge is 2.31. The van der Waals surface area contributed by atoms with E-state index in [1.807, 2.05) is 6.07 Å². The molecule has 2 heterocycles. The molecule has 1 aromatic carbocycles. The summed E-state index contributed by atoms with van der Waals surface area (Å²) >= 11 is 3.41. The summed E-state index contributed by atoms with van der Waals surface area (Å²) in [7, 11) is 3.70. The van der Waals surface area contributed by atoms with Gasteiger partial charge in [-0.15, -0.1) is 12.4 Å². The Kier molecular flexibility index (Phi) is 6.32. The number of amides is 1. The molecule has 1 aliphatic rings. The summed E-state index contributed by atoms with van der Waals surface area (Å²) in [6.07, 6.45) is 1.74. The van der Waals surface area contributed by atoms with E-state index in [0.717, 1.165) is 28.8 Å². The fourth-order valence-electron chi connectivity index (χ4n) is 3.42. The summed E-state index contributed by atoms with van der Waals surface area (Å²) in [5, 5.41) is 2.93. The lowest BCUT2D eigenvalue weighted by Gasteiger charge is -2.37. The van der Waals surface area contributed by atoms with Crippen LogP contribution >= 0.6 is 28.3 Å². The maximum atomic E-state index is 12.5. The standard InChI is InChI=1S/C19H22BrN3O2.ClH/c1-19(2)11-23(3)10-13-7-14(9-21-17(13)19)22-18(24)12-5-6-16(25-4)15(20)8-12;/h5-9H,10-11H2,1-4H3,(H,22,24);1H. The number of ether oxygens (including phenoxy) is 1. The fourth-order valence-corrected chi connectivity index (χ4v) is 3.96. The van der Waals surface area contributed by atoms with Gasteiger partial charge in [-0.2, -0.15) is 0 Å². The van der Waals surface area contributed by atoms with Crippen LogP contribution in [0.15, 0.2) is 34.9 Å². The Morgan fingerprint density at radius 1 is 1.35 bits per heavy atom. The zero-order valence-corrected chi connectivity index (χ0v) is 17.7. The van der Waals surface area contributed by atoms with Crippen molar-refractivity contribution in [2.24, 2.45) is 0 Å². The summed E-state index contributed by atoms with van der Waals surface area (Å²) in [5.74, 6) is 0.519. The molecule has 26 heavy (non-hydrogen) atoms. The molecule has 0 radical (unpaired) electrons. The van der Waals surface area contributed by atoms with E-state index in [1.165, 1.54) is 0 Å². The molecule has 7 heteroatoms. The normalized spacial score (nSPS) is 15.6. The van der Waals surface area contributed by atoms with E-state index < -0.39 is 0 Å². The van der Waals surface area contributed by atoms with Gasteiger partial charge in [0.1, 0.15) is 5.75 Å². The third-order valence-electron chi connectivity index (χ3n) is 4.38. The quantitative estimate of drug-likeness (QED) is 0.775. The topological polar surface area (TPSA) is 54.5 Å². The number of methoxy groups -OCH3 is 1. The molecule has 0 saturated heterocycles. The zero-order valence-electron chi connectivity index (χ0n) is 15.3. The van der Waals surface area contributed by atoms with E-state index in [0.29, 0.717) is 17.0 Å². The van der Waals surface area contributed by atoms with E-state index in [1.54, 1.807) is 31.5 Å². The number of rotatable bonds is 3. The SMILES string of the molecule is COc1ccc(C(=O)Nc2cnc3c(c2)CN(C)CC3(C)C)cc1Br.Cl. The Morgan fingerprint density at radius 3 is 2.73 bits per heavy atom. The first-order valence-corrected chi connectivity index (χ1v) is 8.92. The highest BCUT2D eigenvalue weighted by atomic mass is 79.9.